The molecule has 1 aliphatic heterocycles. The zero-order valence-corrected chi connectivity index (χ0v) is 12.2. The Morgan fingerprint density at radius 2 is 1.91 bits per heavy atom. The third-order valence-electron chi connectivity index (χ3n) is 4.36. The van der Waals surface area contributed by atoms with E-state index in [1.165, 1.54) is 11.1 Å². The molecule has 0 bridgehead atoms. The average Bonchev–Trinajstić information content (AvgIpc) is 2.97. The van der Waals surface area contributed by atoms with Gasteiger partial charge in [0.1, 0.15) is 12.4 Å². The summed E-state index contributed by atoms with van der Waals surface area (Å²) in [5, 5.41) is 3.15. The Morgan fingerprint density at radius 3 is 2.86 bits per heavy atom. The molecule has 1 unspecified atom stereocenters. The molecule has 0 saturated carbocycles. The molecule has 0 saturated heterocycles. The molecule has 0 spiro atoms. The zero-order chi connectivity index (χ0) is 14.9. The van der Waals surface area contributed by atoms with Crippen LogP contribution in [0.1, 0.15) is 29.2 Å². The highest BCUT2D eigenvalue weighted by molar-refractivity contribution is 5.99. The smallest absolute Gasteiger partial charge is 0.251 e. The molecule has 0 fully saturated rings. The minimum absolute atomic E-state index is 0.0313. The van der Waals surface area contributed by atoms with Crippen LogP contribution in [0.4, 0.5) is 0 Å². The van der Waals surface area contributed by atoms with Crippen molar-refractivity contribution in [1.82, 2.24) is 5.32 Å². The van der Waals surface area contributed by atoms with Crippen molar-refractivity contribution in [2.45, 2.75) is 18.9 Å². The van der Waals surface area contributed by atoms with Crippen LogP contribution in [0.5, 0.6) is 5.75 Å². The van der Waals surface area contributed by atoms with E-state index in [1.54, 1.807) is 0 Å². The molecule has 3 nitrogen and oxygen atoms in total. The van der Waals surface area contributed by atoms with Crippen LogP contribution >= 0.6 is 0 Å². The Labute approximate surface area is 129 Å². The first-order valence-corrected chi connectivity index (χ1v) is 7.62. The number of hydrogen-bond acceptors (Lipinski definition) is 2. The summed E-state index contributed by atoms with van der Waals surface area (Å²) in [5.74, 6) is 0.807. The number of aryl methyl sites for hydroxylation is 1. The molecular weight excluding hydrogens is 274 g/mol. The molecule has 1 atom stereocenters. The van der Waals surface area contributed by atoms with Gasteiger partial charge in [0, 0.05) is 5.56 Å². The normalized spacial score (nSPS) is 18.7. The number of nitrogens with one attached hydrogen (secondary N) is 1. The molecule has 1 amide bonds. The lowest BCUT2D eigenvalue weighted by molar-refractivity contribution is -0.118. The molecule has 0 radical (unpaired) electrons. The molecular formula is C19H17NO2. The minimum atomic E-state index is -0.0313. The molecule has 2 aliphatic rings. The van der Waals surface area contributed by atoms with Gasteiger partial charge in [0.2, 0.25) is 0 Å². The van der Waals surface area contributed by atoms with Gasteiger partial charge in [-0.05, 0) is 36.1 Å². The lowest BCUT2D eigenvalue weighted by atomic mass is 10.1. The summed E-state index contributed by atoms with van der Waals surface area (Å²) in [6.45, 7) is 0.331. The highest BCUT2D eigenvalue weighted by atomic mass is 16.5. The zero-order valence-electron chi connectivity index (χ0n) is 12.2. The fourth-order valence-corrected chi connectivity index (χ4v) is 3.21. The predicted octanol–water partition coefficient (Wildman–Crippen LogP) is 3.27. The van der Waals surface area contributed by atoms with Gasteiger partial charge >= 0.3 is 0 Å². The van der Waals surface area contributed by atoms with Crippen molar-refractivity contribution in [3.05, 3.63) is 70.8 Å². The number of carbonyl (C=O) groups excluding carboxylic acids is 1. The van der Waals surface area contributed by atoms with Crippen LogP contribution in [0.2, 0.25) is 0 Å². The SMILES string of the molecule is O=C(NC1CCc2ccccc21)C1=Cc2ccccc2OC1. The summed E-state index contributed by atoms with van der Waals surface area (Å²) >= 11 is 0. The molecule has 2 aromatic carbocycles. The van der Waals surface area contributed by atoms with Crippen LogP contribution < -0.4 is 10.1 Å². The first-order valence-electron chi connectivity index (χ1n) is 7.62. The van der Waals surface area contributed by atoms with Gasteiger partial charge in [0.15, 0.2) is 0 Å². The summed E-state index contributed by atoms with van der Waals surface area (Å²) in [6.07, 6.45) is 3.92. The second kappa shape index (κ2) is 5.34. The number of hydrogen-bond donors (Lipinski definition) is 1. The standard InChI is InChI=1S/C19H17NO2/c21-19(15-11-14-6-2-4-8-18(14)22-12-15)20-17-10-9-13-5-1-3-7-16(13)17/h1-8,11,17H,9-10,12H2,(H,20,21). The molecule has 1 heterocycles. The molecule has 1 N–H and O–H groups in total. The Hall–Kier alpha value is -2.55. The number of rotatable bonds is 2. The summed E-state index contributed by atoms with van der Waals surface area (Å²) in [7, 11) is 0. The summed E-state index contributed by atoms with van der Waals surface area (Å²) in [5.41, 5.74) is 4.23. The molecule has 3 heteroatoms. The van der Waals surface area contributed by atoms with Gasteiger partial charge in [-0.25, -0.2) is 0 Å². The molecule has 110 valence electrons. The van der Waals surface area contributed by atoms with E-state index in [2.05, 4.69) is 23.5 Å². The second-order valence-corrected chi connectivity index (χ2v) is 5.76. The Morgan fingerprint density at radius 1 is 1.09 bits per heavy atom. The average molecular weight is 291 g/mol. The van der Waals surface area contributed by atoms with Gasteiger partial charge in [-0.1, -0.05) is 42.5 Å². The summed E-state index contributed by atoms with van der Waals surface area (Å²) < 4.78 is 5.66. The first kappa shape index (κ1) is 13.1. The third-order valence-corrected chi connectivity index (χ3v) is 4.36. The van der Waals surface area contributed by atoms with Crippen molar-refractivity contribution in [3.63, 3.8) is 0 Å². The third kappa shape index (κ3) is 2.29. The van der Waals surface area contributed by atoms with Crippen molar-refractivity contribution in [2.24, 2.45) is 0 Å². The van der Waals surface area contributed by atoms with Crippen LogP contribution in [0.25, 0.3) is 6.08 Å². The lowest BCUT2D eigenvalue weighted by Crippen LogP contribution is -2.31. The van der Waals surface area contributed by atoms with E-state index < -0.39 is 0 Å². The topological polar surface area (TPSA) is 38.3 Å². The van der Waals surface area contributed by atoms with Crippen LogP contribution in [-0.4, -0.2) is 12.5 Å². The number of amides is 1. The maximum atomic E-state index is 12.5. The quantitative estimate of drug-likeness (QED) is 0.922. The van der Waals surface area contributed by atoms with Gasteiger partial charge in [-0.15, -0.1) is 0 Å². The first-order chi connectivity index (χ1) is 10.8. The molecule has 1 aliphatic carbocycles. The predicted molar refractivity (Wildman–Crippen MR) is 85.6 cm³/mol. The Balaban J connectivity index is 1.54. The number of carbonyl (C=O) groups is 1. The molecule has 0 aromatic heterocycles. The van der Waals surface area contributed by atoms with E-state index in [9.17, 15) is 4.79 Å². The van der Waals surface area contributed by atoms with E-state index in [0.717, 1.165) is 24.2 Å². The van der Waals surface area contributed by atoms with Crippen molar-refractivity contribution in [3.8, 4) is 5.75 Å². The Kier molecular flexibility index (Phi) is 3.19. The Bertz CT molecular complexity index is 764. The van der Waals surface area contributed by atoms with Crippen LogP contribution in [0.15, 0.2) is 54.1 Å². The largest absolute Gasteiger partial charge is 0.488 e. The van der Waals surface area contributed by atoms with Crippen molar-refractivity contribution < 1.29 is 9.53 Å². The monoisotopic (exact) mass is 291 g/mol. The number of para-hydroxylation sites is 1. The maximum Gasteiger partial charge on any atom is 0.251 e. The summed E-state index contributed by atoms with van der Waals surface area (Å²) in [6, 6.07) is 16.2. The number of fused-ring (bicyclic) bond motifs is 2. The second-order valence-electron chi connectivity index (χ2n) is 5.76. The van der Waals surface area contributed by atoms with Gasteiger partial charge in [0.05, 0.1) is 11.6 Å². The fraction of sp³-hybridized carbons (Fsp3) is 0.211. The van der Waals surface area contributed by atoms with Crippen molar-refractivity contribution in [1.29, 1.82) is 0 Å². The van der Waals surface area contributed by atoms with Gasteiger partial charge in [0.25, 0.3) is 5.91 Å². The van der Waals surface area contributed by atoms with E-state index in [4.69, 9.17) is 4.74 Å². The number of benzene rings is 2. The molecule has 2 aromatic rings. The molecule has 4 rings (SSSR count). The molecule has 22 heavy (non-hydrogen) atoms. The maximum absolute atomic E-state index is 12.5. The van der Waals surface area contributed by atoms with Crippen LogP contribution in [0, 0.1) is 0 Å². The van der Waals surface area contributed by atoms with Crippen LogP contribution in [0.3, 0.4) is 0 Å². The minimum Gasteiger partial charge on any atom is -0.488 e. The van der Waals surface area contributed by atoms with Crippen molar-refractivity contribution >= 4 is 12.0 Å². The van der Waals surface area contributed by atoms with Crippen LogP contribution in [-0.2, 0) is 11.2 Å². The van der Waals surface area contributed by atoms with E-state index in [1.807, 2.05) is 36.4 Å². The highest BCUT2D eigenvalue weighted by Crippen LogP contribution is 2.31. The summed E-state index contributed by atoms with van der Waals surface area (Å²) in [4.78, 5) is 12.5. The fourth-order valence-electron chi connectivity index (χ4n) is 3.21. The van der Waals surface area contributed by atoms with E-state index >= 15 is 0 Å². The van der Waals surface area contributed by atoms with Gasteiger partial charge in [-0.2, -0.15) is 0 Å². The van der Waals surface area contributed by atoms with Gasteiger partial charge < -0.3 is 10.1 Å². The van der Waals surface area contributed by atoms with Gasteiger partial charge in [-0.3, -0.25) is 4.79 Å². The van der Waals surface area contributed by atoms with Crippen molar-refractivity contribution in [2.75, 3.05) is 6.61 Å². The lowest BCUT2D eigenvalue weighted by Gasteiger charge is -2.20. The number of ether oxygens (including phenoxy) is 1. The highest BCUT2D eigenvalue weighted by Gasteiger charge is 2.25. The van der Waals surface area contributed by atoms with E-state index in [-0.39, 0.29) is 11.9 Å². The van der Waals surface area contributed by atoms with E-state index in [0.29, 0.717) is 12.2 Å².